The summed E-state index contributed by atoms with van der Waals surface area (Å²) in [6.45, 7) is 8.44. The molecular formula is C16H24N2O2Si. The molecule has 0 saturated carbocycles. The van der Waals surface area contributed by atoms with Crippen LogP contribution >= 0.6 is 0 Å². The molecule has 0 amide bonds. The Bertz CT molecular complexity index is 558. The third kappa shape index (κ3) is 4.72. The topological polar surface area (TPSA) is 36.3 Å². The van der Waals surface area contributed by atoms with E-state index in [0.29, 0.717) is 6.73 Å². The molecule has 114 valence electrons. The minimum Gasteiger partial charge on any atom is -0.497 e. The predicted octanol–water partition coefficient (Wildman–Crippen LogP) is 3.87. The molecule has 1 heterocycles. The van der Waals surface area contributed by atoms with Gasteiger partial charge in [0, 0.05) is 20.2 Å². The second-order valence-corrected chi connectivity index (χ2v) is 11.9. The molecular weight excluding hydrogens is 280 g/mol. The first kappa shape index (κ1) is 15.8. The van der Waals surface area contributed by atoms with Crippen LogP contribution in [-0.4, -0.2) is 31.3 Å². The van der Waals surface area contributed by atoms with Gasteiger partial charge in [0.2, 0.25) is 0 Å². The van der Waals surface area contributed by atoms with Crippen molar-refractivity contribution < 1.29 is 9.47 Å². The minimum atomic E-state index is -1.03. The number of hydrogen-bond donors (Lipinski definition) is 0. The Kier molecular flexibility index (Phi) is 5.20. The van der Waals surface area contributed by atoms with Crippen molar-refractivity contribution in [1.29, 1.82) is 0 Å². The third-order valence-corrected chi connectivity index (χ3v) is 5.03. The van der Waals surface area contributed by atoms with Crippen molar-refractivity contribution in [2.75, 3.05) is 13.7 Å². The smallest absolute Gasteiger partial charge is 0.124 e. The summed E-state index contributed by atoms with van der Waals surface area (Å²) in [5.74, 6) is 0.858. The standard InChI is InChI=1S/C16H24N2O2Si/c1-19-15-7-5-14(6-8-15)16-11-17-12-18(16)13-20-9-10-21(2,3)4/h5-8,11-12H,9-10,13H2,1-4H3. The molecule has 21 heavy (non-hydrogen) atoms. The van der Waals surface area contributed by atoms with E-state index >= 15 is 0 Å². The molecule has 5 heteroatoms. The van der Waals surface area contributed by atoms with Gasteiger partial charge in [-0.2, -0.15) is 0 Å². The second-order valence-electron chi connectivity index (χ2n) is 6.33. The molecule has 1 aromatic carbocycles. The summed E-state index contributed by atoms with van der Waals surface area (Å²) in [6.07, 6.45) is 3.68. The monoisotopic (exact) mass is 304 g/mol. The zero-order chi connectivity index (χ0) is 15.3. The van der Waals surface area contributed by atoms with Gasteiger partial charge in [0.25, 0.3) is 0 Å². The van der Waals surface area contributed by atoms with E-state index < -0.39 is 8.07 Å². The van der Waals surface area contributed by atoms with Gasteiger partial charge in [-0.25, -0.2) is 4.98 Å². The maximum atomic E-state index is 5.79. The lowest BCUT2D eigenvalue weighted by Gasteiger charge is -2.16. The Labute approximate surface area is 127 Å². The third-order valence-electron chi connectivity index (χ3n) is 3.32. The summed E-state index contributed by atoms with van der Waals surface area (Å²) < 4.78 is 13.0. The van der Waals surface area contributed by atoms with Gasteiger partial charge >= 0.3 is 0 Å². The molecule has 0 radical (unpaired) electrons. The zero-order valence-electron chi connectivity index (χ0n) is 13.3. The van der Waals surface area contributed by atoms with E-state index in [1.807, 2.05) is 41.4 Å². The van der Waals surface area contributed by atoms with Gasteiger partial charge in [-0.15, -0.1) is 0 Å². The minimum absolute atomic E-state index is 0.547. The summed E-state index contributed by atoms with van der Waals surface area (Å²) in [6, 6.07) is 9.17. The maximum Gasteiger partial charge on any atom is 0.124 e. The highest BCUT2D eigenvalue weighted by Gasteiger charge is 2.12. The zero-order valence-corrected chi connectivity index (χ0v) is 14.3. The molecule has 0 saturated heterocycles. The largest absolute Gasteiger partial charge is 0.497 e. The van der Waals surface area contributed by atoms with Crippen molar-refractivity contribution in [3.05, 3.63) is 36.8 Å². The Morgan fingerprint density at radius 2 is 1.86 bits per heavy atom. The fourth-order valence-corrected chi connectivity index (χ4v) is 2.72. The van der Waals surface area contributed by atoms with E-state index in [4.69, 9.17) is 9.47 Å². The number of ether oxygens (including phenoxy) is 2. The number of rotatable bonds is 7. The lowest BCUT2D eigenvalue weighted by molar-refractivity contribution is 0.0882. The van der Waals surface area contributed by atoms with Gasteiger partial charge in [0.1, 0.15) is 12.5 Å². The molecule has 2 aromatic rings. The fourth-order valence-electron chi connectivity index (χ4n) is 1.97. The normalized spacial score (nSPS) is 11.6. The van der Waals surface area contributed by atoms with Gasteiger partial charge in [0.15, 0.2) is 0 Å². The highest BCUT2D eigenvalue weighted by Crippen LogP contribution is 2.22. The highest BCUT2D eigenvalue weighted by atomic mass is 28.3. The van der Waals surface area contributed by atoms with Gasteiger partial charge in [-0.3, -0.25) is 0 Å². The summed E-state index contributed by atoms with van der Waals surface area (Å²) in [7, 11) is 0.641. The summed E-state index contributed by atoms with van der Waals surface area (Å²) in [5, 5.41) is 0. The van der Waals surface area contributed by atoms with Crippen molar-refractivity contribution in [2.45, 2.75) is 32.4 Å². The van der Waals surface area contributed by atoms with Gasteiger partial charge < -0.3 is 14.0 Å². The van der Waals surface area contributed by atoms with Crippen LogP contribution in [0.5, 0.6) is 5.75 Å². The van der Waals surface area contributed by atoms with Crippen molar-refractivity contribution >= 4 is 8.07 Å². The first-order valence-electron chi connectivity index (χ1n) is 7.22. The molecule has 0 fully saturated rings. The Morgan fingerprint density at radius 1 is 1.14 bits per heavy atom. The van der Waals surface area contributed by atoms with Crippen molar-refractivity contribution in [2.24, 2.45) is 0 Å². The van der Waals surface area contributed by atoms with Crippen LogP contribution in [0.1, 0.15) is 0 Å². The van der Waals surface area contributed by atoms with Crippen molar-refractivity contribution in [1.82, 2.24) is 9.55 Å². The molecule has 2 rings (SSSR count). The molecule has 0 aliphatic carbocycles. The summed E-state index contributed by atoms with van der Waals surface area (Å²) in [4.78, 5) is 4.23. The number of benzene rings is 1. The molecule has 0 N–H and O–H groups in total. The quantitative estimate of drug-likeness (QED) is 0.575. The van der Waals surface area contributed by atoms with Crippen LogP contribution in [0.3, 0.4) is 0 Å². The highest BCUT2D eigenvalue weighted by molar-refractivity contribution is 6.76. The fraction of sp³-hybridized carbons (Fsp3) is 0.438. The molecule has 0 aliphatic heterocycles. The van der Waals surface area contributed by atoms with E-state index in [9.17, 15) is 0 Å². The SMILES string of the molecule is COc1ccc(-c2cncn2COCC[Si](C)(C)C)cc1. The molecule has 0 bridgehead atoms. The Balaban J connectivity index is 1.98. The van der Waals surface area contributed by atoms with Crippen LogP contribution in [-0.2, 0) is 11.5 Å². The predicted molar refractivity (Wildman–Crippen MR) is 88.3 cm³/mol. The first-order chi connectivity index (χ1) is 9.99. The molecule has 0 spiro atoms. The maximum absolute atomic E-state index is 5.79. The van der Waals surface area contributed by atoms with E-state index in [-0.39, 0.29) is 0 Å². The molecule has 4 nitrogen and oxygen atoms in total. The van der Waals surface area contributed by atoms with Crippen molar-refractivity contribution in [3.8, 4) is 17.0 Å². The molecule has 1 aromatic heterocycles. The number of nitrogens with zero attached hydrogens (tertiary/aromatic N) is 2. The van der Waals surface area contributed by atoms with E-state index in [1.165, 1.54) is 6.04 Å². The molecule has 0 unspecified atom stereocenters. The van der Waals surface area contributed by atoms with Crippen LogP contribution < -0.4 is 4.74 Å². The van der Waals surface area contributed by atoms with Gasteiger partial charge in [-0.05, 0) is 30.3 Å². The van der Waals surface area contributed by atoms with E-state index in [0.717, 1.165) is 23.6 Å². The number of imidazole rings is 1. The van der Waals surface area contributed by atoms with Gasteiger partial charge in [0.05, 0.1) is 25.3 Å². The second kappa shape index (κ2) is 6.91. The lowest BCUT2D eigenvalue weighted by atomic mass is 10.1. The summed E-state index contributed by atoms with van der Waals surface area (Å²) >= 11 is 0. The first-order valence-corrected chi connectivity index (χ1v) is 10.9. The van der Waals surface area contributed by atoms with Crippen molar-refractivity contribution in [3.63, 3.8) is 0 Å². The van der Waals surface area contributed by atoms with Crippen LogP contribution in [0, 0.1) is 0 Å². The number of methoxy groups -OCH3 is 1. The molecule has 0 atom stereocenters. The van der Waals surface area contributed by atoms with E-state index in [2.05, 4.69) is 24.6 Å². The average Bonchev–Trinajstić information content (AvgIpc) is 2.91. The van der Waals surface area contributed by atoms with Crippen LogP contribution in [0.2, 0.25) is 25.7 Å². The molecule has 0 aliphatic rings. The number of aromatic nitrogens is 2. The van der Waals surface area contributed by atoms with Gasteiger partial charge in [-0.1, -0.05) is 19.6 Å². The Morgan fingerprint density at radius 3 is 2.48 bits per heavy atom. The van der Waals surface area contributed by atoms with E-state index in [1.54, 1.807) is 7.11 Å². The lowest BCUT2D eigenvalue weighted by Crippen LogP contribution is -2.22. The van der Waals surface area contributed by atoms with Crippen LogP contribution in [0.15, 0.2) is 36.8 Å². The average molecular weight is 304 g/mol. The van der Waals surface area contributed by atoms with Crippen LogP contribution in [0.4, 0.5) is 0 Å². The number of hydrogen-bond acceptors (Lipinski definition) is 3. The summed E-state index contributed by atoms with van der Waals surface area (Å²) in [5.41, 5.74) is 2.17. The van der Waals surface area contributed by atoms with Crippen LogP contribution in [0.25, 0.3) is 11.3 Å². The Hall–Kier alpha value is -1.59.